The molecule has 21 heavy (non-hydrogen) atoms. The van der Waals surface area contributed by atoms with E-state index in [0.29, 0.717) is 16.7 Å². The van der Waals surface area contributed by atoms with E-state index in [9.17, 15) is 14.0 Å². The Bertz CT molecular complexity index is 754. The molecule has 0 radical (unpaired) electrons. The number of benzene rings is 2. The van der Waals surface area contributed by atoms with Gasteiger partial charge >= 0.3 is 0 Å². The number of hydrogen-bond donors (Lipinski definition) is 0. The molecule has 0 saturated carbocycles. The smallest absolute Gasteiger partial charge is 0.267 e. The number of rotatable bonds is 2. The van der Waals surface area contributed by atoms with Gasteiger partial charge in [0.25, 0.3) is 11.8 Å². The molecule has 0 saturated heterocycles. The molecular formula is C15H8BrFN2O2. The molecule has 104 valence electrons. The third kappa shape index (κ3) is 2.38. The van der Waals surface area contributed by atoms with Crippen molar-refractivity contribution in [1.29, 1.82) is 0 Å². The van der Waals surface area contributed by atoms with E-state index < -0.39 is 17.6 Å². The topological polar surface area (TPSA) is 49.7 Å². The maximum absolute atomic E-state index is 13.1. The first kappa shape index (κ1) is 13.6. The molecule has 3 rings (SSSR count). The molecule has 0 N–H and O–H groups in total. The molecule has 0 aromatic heterocycles. The van der Waals surface area contributed by atoms with Crippen LogP contribution in [0.3, 0.4) is 0 Å². The highest BCUT2D eigenvalue weighted by Crippen LogP contribution is 2.22. The van der Waals surface area contributed by atoms with Crippen LogP contribution in [0, 0.1) is 5.82 Å². The molecule has 2 amide bonds. The molecule has 0 unspecified atom stereocenters. The van der Waals surface area contributed by atoms with Gasteiger partial charge in [-0.3, -0.25) is 9.59 Å². The minimum absolute atomic E-state index is 0.286. The number of carbonyl (C=O) groups is 2. The number of imide groups is 1. The first-order valence-electron chi connectivity index (χ1n) is 6.05. The number of carbonyl (C=O) groups excluding carboxylic acids is 2. The second kappa shape index (κ2) is 5.21. The maximum atomic E-state index is 13.1. The summed E-state index contributed by atoms with van der Waals surface area (Å²) in [6.07, 6.45) is 1.34. The molecule has 2 aromatic rings. The van der Waals surface area contributed by atoms with Crippen LogP contribution >= 0.6 is 15.9 Å². The highest BCUT2D eigenvalue weighted by molar-refractivity contribution is 9.10. The summed E-state index contributed by atoms with van der Waals surface area (Å²) in [7, 11) is 0. The predicted octanol–water partition coefficient (Wildman–Crippen LogP) is 3.22. The van der Waals surface area contributed by atoms with E-state index in [-0.39, 0.29) is 4.47 Å². The fourth-order valence-electron chi connectivity index (χ4n) is 2.00. The highest BCUT2D eigenvalue weighted by Gasteiger charge is 2.35. The summed E-state index contributed by atoms with van der Waals surface area (Å²) in [6.45, 7) is 0. The van der Waals surface area contributed by atoms with Gasteiger partial charge in [0.1, 0.15) is 5.82 Å². The molecule has 0 spiro atoms. The van der Waals surface area contributed by atoms with Gasteiger partial charge in [-0.15, -0.1) is 0 Å². The van der Waals surface area contributed by atoms with Crippen LogP contribution in [0.15, 0.2) is 52.0 Å². The van der Waals surface area contributed by atoms with Gasteiger partial charge in [-0.2, -0.15) is 10.1 Å². The Morgan fingerprint density at radius 1 is 1.05 bits per heavy atom. The van der Waals surface area contributed by atoms with Crippen molar-refractivity contribution < 1.29 is 14.0 Å². The van der Waals surface area contributed by atoms with E-state index in [1.165, 1.54) is 24.4 Å². The lowest BCUT2D eigenvalue weighted by Gasteiger charge is -2.05. The van der Waals surface area contributed by atoms with Crippen molar-refractivity contribution in [1.82, 2.24) is 5.01 Å². The van der Waals surface area contributed by atoms with E-state index in [0.717, 1.165) is 5.01 Å². The summed E-state index contributed by atoms with van der Waals surface area (Å²) >= 11 is 3.06. The van der Waals surface area contributed by atoms with E-state index in [2.05, 4.69) is 21.0 Å². The quantitative estimate of drug-likeness (QED) is 0.619. The highest BCUT2D eigenvalue weighted by atomic mass is 79.9. The van der Waals surface area contributed by atoms with Crippen LogP contribution in [0.25, 0.3) is 0 Å². The molecule has 1 heterocycles. The maximum Gasteiger partial charge on any atom is 0.282 e. The lowest BCUT2D eigenvalue weighted by atomic mass is 10.1. The van der Waals surface area contributed by atoms with Crippen LogP contribution in [0.1, 0.15) is 26.3 Å². The van der Waals surface area contributed by atoms with Crippen molar-refractivity contribution in [2.24, 2.45) is 5.10 Å². The molecule has 1 aliphatic heterocycles. The Morgan fingerprint density at radius 3 is 2.24 bits per heavy atom. The van der Waals surface area contributed by atoms with Crippen LogP contribution in [-0.2, 0) is 0 Å². The number of hydrazone groups is 1. The predicted molar refractivity (Wildman–Crippen MR) is 78.6 cm³/mol. The third-order valence-corrected chi connectivity index (χ3v) is 3.65. The molecule has 2 aromatic carbocycles. The lowest BCUT2D eigenvalue weighted by Crippen LogP contribution is -2.23. The first-order chi connectivity index (χ1) is 10.1. The first-order valence-corrected chi connectivity index (χ1v) is 6.84. The number of amides is 2. The van der Waals surface area contributed by atoms with Crippen molar-refractivity contribution in [3.8, 4) is 0 Å². The van der Waals surface area contributed by atoms with Crippen LogP contribution in [0.4, 0.5) is 4.39 Å². The largest absolute Gasteiger partial charge is 0.282 e. The van der Waals surface area contributed by atoms with Crippen molar-refractivity contribution in [2.45, 2.75) is 0 Å². The summed E-state index contributed by atoms with van der Waals surface area (Å²) in [4.78, 5) is 24.1. The Hall–Kier alpha value is -2.34. The normalized spacial score (nSPS) is 14.1. The standard InChI is InChI=1S/C15H8BrFN2O2/c16-12-7-9(5-6-13(12)17)8-18-19-14(20)10-3-1-2-4-11(10)15(19)21/h1-8H/b18-8+. The fraction of sp³-hybridized carbons (Fsp3) is 0. The van der Waals surface area contributed by atoms with E-state index in [1.54, 1.807) is 24.3 Å². The van der Waals surface area contributed by atoms with E-state index >= 15 is 0 Å². The van der Waals surface area contributed by atoms with Crippen molar-refractivity contribution in [3.05, 3.63) is 69.4 Å². The Morgan fingerprint density at radius 2 is 1.67 bits per heavy atom. The number of hydrogen-bond acceptors (Lipinski definition) is 3. The van der Waals surface area contributed by atoms with Gasteiger partial charge in [-0.1, -0.05) is 18.2 Å². The monoisotopic (exact) mass is 346 g/mol. The van der Waals surface area contributed by atoms with Crippen LogP contribution in [0.2, 0.25) is 0 Å². The van der Waals surface area contributed by atoms with Crippen LogP contribution in [-0.4, -0.2) is 23.0 Å². The molecule has 1 aliphatic rings. The lowest BCUT2D eigenvalue weighted by molar-refractivity contribution is 0.0660. The zero-order valence-electron chi connectivity index (χ0n) is 10.6. The van der Waals surface area contributed by atoms with Crippen molar-refractivity contribution in [2.75, 3.05) is 0 Å². The zero-order chi connectivity index (χ0) is 15.0. The zero-order valence-corrected chi connectivity index (χ0v) is 12.2. The Kier molecular flexibility index (Phi) is 3.39. The van der Waals surface area contributed by atoms with Gasteiger partial charge in [0, 0.05) is 0 Å². The minimum atomic E-state index is -0.465. The van der Waals surface area contributed by atoms with Gasteiger partial charge in [-0.25, -0.2) is 4.39 Å². The van der Waals surface area contributed by atoms with Gasteiger partial charge in [0.2, 0.25) is 0 Å². The number of nitrogens with zero attached hydrogens (tertiary/aromatic N) is 2. The van der Waals surface area contributed by atoms with Crippen molar-refractivity contribution >= 4 is 34.0 Å². The fourth-order valence-corrected chi connectivity index (χ4v) is 2.39. The van der Waals surface area contributed by atoms with Crippen LogP contribution < -0.4 is 0 Å². The van der Waals surface area contributed by atoms with Gasteiger partial charge in [0.15, 0.2) is 0 Å². The average Bonchev–Trinajstić information content (AvgIpc) is 2.73. The Balaban J connectivity index is 1.89. The molecule has 0 atom stereocenters. The van der Waals surface area contributed by atoms with E-state index in [1.807, 2.05) is 0 Å². The molecule has 4 nitrogen and oxygen atoms in total. The summed E-state index contributed by atoms with van der Waals surface area (Å²) in [5.41, 5.74) is 1.24. The molecule has 0 fully saturated rings. The van der Waals surface area contributed by atoms with E-state index in [4.69, 9.17) is 0 Å². The average molecular weight is 347 g/mol. The SMILES string of the molecule is O=C1c2ccccc2C(=O)N1/N=C/c1ccc(F)c(Br)c1. The second-order valence-electron chi connectivity index (χ2n) is 4.39. The van der Waals surface area contributed by atoms with Crippen molar-refractivity contribution in [3.63, 3.8) is 0 Å². The molecular weight excluding hydrogens is 339 g/mol. The molecule has 0 aliphatic carbocycles. The summed E-state index contributed by atoms with van der Waals surface area (Å²) in [5, 5.41) is 4.71. The summed E-state index contributed by atoms with van der Waals surface area (Å²) < 4.78 is 13.4. The summed E-state index contributed by atoms with van der Waals surface area (Å²) in [6, 6.07) is 10.8. The van der Waals surface area contributed by atoms with Gasteiger partial charge in [0.05, 0.1) is 21.8 Å². The van der Waals surface area contributed by atoms with Gasteiger partial charge < -0.3 is 0 Å². The number of halogens is 2. The summed E-state index contributed by atoms with van der Waals surface area (Å²) in [5.74, 6) is -1.33. The van der Waals surface area contributed by atoms with Crippen LogP contribution in [0.5, 0.6) is 0 Å². The Labute approximate surface area is 128 Å². The molecule has 6 heteroatoms. The third-order valence-electron chi connectivity index (χ3n) is 3.04. The number of fused-ring (bicyclic) bond motifs is 1. The minimum Gasteiger partial charge on any atom is -0.267 e. The second-order valence-corrected chi connectivity index (χ2v) is 5.24. The van der Waals surface area contributed by atoms with Gasteiger partial charge in [-0.05, 0) is 45.8 Å². The molecule has 0 bridgehead atoms.